The predicted molar refractivity (Wildman–Crippen MR) is 88.3 cm³/mol. The van der Waals surface area contributed by atoms with E-state index in [0.717, 1.165) is 37.0 Å². The lowest BCUT2D eigenvalue weighted by Gasteiger charge is -2.56. The number of phenolic OH excluding ortho intramolecular Hbond substituents is 1. The number of carbonyl (C=O) groups is 1. The van der Waals surface area contributed by atoms with E-state index in [9.17, 15) is 9.90 Å². The maximum Gasteiger partial charge on any atom is 0.335 e. The number of para-hydroxylation sites is 1. The number of nitrogens with one attached hydrogen (secondary N) is 2. The molecule has 0 unspecified atom stereocenters. The zero-order valence-corrected chi connectivity index (χ0v) is 13.2. The normalized spacial score (nSPS) is 34.7. The first-order valence-corrected chi connectivity index (χ1v) is 8.51. The number of rotatable bonds is 3. The van der Waals surface area contributed by atoms with E-state index in [2.05, 4.69) is 15.8 Å². The Morgan fingerprint density at radius 1 is 1.13 bits per heavy atom. The number of benzene rings is 1. The van der Waals surface area contributed by atoms with E-state index in [1.807, 2.05) is 6.07 Å². The molecule has 122 valence electrons. The summed E-state index contributed by atoms with van der Waals surface area (Å²) >= 11 is 0. The lowest BCUT2D eigenvalue weighted by molar-refractivity contribution is -0.0135. The van der Waals surface area contributed by atoms with Gasteiger partial charge in [0.25, 0.3) is 0 Å². The van der Waals surface area contributed by atoms with Crippen molar-refractivity contribution in [3.63, 3.8) is 0 Å². The Morgan fingerprint density at radius 2 is 1.74 bits per heavy atom. The third kappa shape index (κ3) is 2.92. The highest BCUT2D eigenvalue weighted by Gasteiger charge is 2.51. The molecule has 4 saturated carbocycles. The van der Waals surface area contributed by atoms with Crippen molar-refractivity contribution in [2.24, 2.45) is 22.9 Å². The average Bonchev–Trinajstić information content (AvgIpc) is 2.47. The average molecular weight is 313 g/mol. The molecule has 4 fully saturated rings. The number of urea groups is 1. The van der Waals surface area contributed by atoms with Crippen LogP contribution in [-0.2, 0) is 0 Å². The molecule has 2 amide bonds. The summed E-state index contributed by atoms with van der Waals surface area (Å²) in [7, 11) is 0. The first-order chi connectivity index (χ1) is 11.1. The van der Waals surface area contributed by atoms with Crippen LogP contribution in [0.2, 0.25) is 0 Å². The van der Waals surface area contributed by atoms with Crippen molar-refractivity contribution in [1.82, 2.24) is 10.7 Å². The van der Waals surface area contributed by atoms with Gasteiger partial charge in [-0.1, -0.05) is 12.1 Å². The molecule has 5 rings (SSSR count). The first kappa shape index (κ1) is 14.5. The fourth-order valence-electron chi connectivity index (χ4n) is 5.29. The summed E-state index contributed by atoms with van der Waals surface area (Å²) in [6.07, 6.45) is 8.89. The van der Waals surface area contributed by atoms with E-state index in [4.69, 9.17) is 0 Å². The summed E-state index contributed by atoms with van der Waals surface area (Å²) in [5.41, 5.74) is 3.12. The minimum atomic E-state index is -0.237. The summed E-state index contributed by atoms with van der Waals surface area (Å²) in [5, 5.41) is 16.8. The number of amides is 2. The predicted octanol–water partition coefficient (Wildman–Crippen LogP) is 2.99. The number of phenols is 1. The largest absolute Gasteiger partial charge is 0.507 e. The molecular formula is C18H23N3O2. The van der Waals surface area contributed by atoms with Crippen molar-refractivity contribution < 1.29 is 9.90 Å². The standard InChI is InChI=1S/C18H23N3O2/c22-16-4-2-1-3-15(16)11-19-21-17(23)20-18-8-12-5-13(9-18)7-14(6-12)10-18/h1-4,11-14,22H,5-10H2,(H2,20,21,23). The van der Waals surface area contributed by atoms with Crippen LogP contribution in [-0.4, -0.2) is 22.9 Å². The van der Waals surface area contributed by atoms with Gasteiger partial charge in [0.2, 0.25) is 0 Å². The molecule has 0 aromatic heterocycles. The Labute approximate surface area is 136 Å². The zero-order chi connectivity index (χ0) is 15.9. The molecule has 0 heterocycles. The topological polar surface area (TPSA) is 73.7 Å². The summed E-state index contributed by atoms with van der Waals surface area (Å²) in [6, 6.07) is 6.67. The summed E-state index contributed by atoms with van der Waals surface area (Å²) in [6.45, 7) is 0. The van der Waals surface area contributed by atoms with Crippen molar-refractivity contribution in [3.05, 3.63) is 29.8 Å². The highest BCUT2D eigenvalue weighted by Crippen LogP contribution is 2.55. The molecule has 5 heteroatoms. The van der Waals surface area contributed by atoms with Gasteiger partial charge < -0.3 is 10.4 Å². The van der Waals surface area contributed by atoms with Crippen LogP contribution >= 0.6 is 0 Å². The van der Waals surface area contributed by atoms with Gasteiger partial charge in [-0.3, -0.25) is 0 Å². The van der Waals surface area contributed by atoms with E-state index >= 15 is 0 Å². The van der Waals surface area contributed by atoms with Crippen LogP contribution in [0.25, 0.3) is 0 Å². The molecule has 1 aromatic carbocycles. The maximum atomic E-state index is 12.2. The van der Waals surface area contributed by atoms with Gasteiger partial charge in [-0.2, -0.15) is 5.10 Å². The molecule has 0 radical (unpaired) electrons. The van der Waals surface area contributed by atoms with Crippen LogP contribution in [0.5, 0.6) is 5.75 Å². The highest BCUT2D eigenvalue weighted by atomic mass is 16.3. The van der Waals surface area contributed by atoms with Crippen LogP contribution in [0.1, 0.15) is 44.1 Å². The molecule has 0 saturated heterocycles. The third-order valence-electron chi connectivity index (χ3n) is 5.72. The minimum absolute atomic E-state index is 0.0107. The Balaban J connectivity index is 1.36. The summed E-state index contributed by atoms with van der Waals surface area (Å²) in [5.74, 6) is 2.54. The number of carbonyl (C=O) groups excluding carboxylic acids is 1. The number of aromatic hydroxyl groups is 1. The van der Waals surface area contributed by atoms with Gasteiger partial charge in [0, 0.05) is 11.1 Å². The molecule has 1 aromatic rings. The van der Waals surface area contributed by atoms with Crippen LogP contribution in [0.3, 0.4) is 0 Å². The van der Waals surface area contributed by atoms with Crippen molar-refractivity contribution in [2.45, 2.75) is 44.1 Å². The smallest absolute Gasteiger partial charge is 0.335 e. The lowest BCUT2D eigenvalue weighted by atomic mass is 9.53. The second-order valence-corrected chi connectivity index (χ2v) is 7.58. The Hall–Kier alpha value is -2.04. The molecule has 5 nitrogen and oxygen atoms in total. The lowest BCUT2D eigenvalue weighted by Crippen LogP contribution is -2.61. The number of hydrogen-bond acceptors (Lipinski definition) is 3. The third-order valence-corrected chi connectivity index (χ3v) is 5.72. The second kappa shape index (κ2) is 5.55. The molecule has 4 aliphatic carbocycles. The van der Waals surface area contributed by atoms with Gasteiger partial charge in [0.05, 0.1) is 6.21 Å². The quantitative estimate of drug-likeness (QED) is 0.593. The van der Waals surface area contributed by atoms with Crippen LogP contribution in [0.4, 0.5) is 4.79 Å². The van der Waals surface area contributed by atoms with Crippen molar-refractivity contribution in [3.8, 4) is 5.75 Å². The summed E-state index contributed by atoms with van der Waals surface area (Å²) in [4.78, 5) is 12.2. The van der Waals surface area contributed by atoms with Gasteiger partial charge in [-0.15, -0.1) is 0 Å². The minimum Gasteiger partial charge on any atom is -0.507 e. The van der Waals surface area contributed by atoms with E-state index in [0.29, 0.717) is 5.56 Å². The van der Waals surface area contributed by atoms with Crippen LogP contribution in [0.15, 0.2) is 29.4 Å². The van der Waals surface area contributed by atoms with Gasteiger partial charge in [-0.25, -0.2) is 10.2 Å². The van der Waals surface area contributed by atoms with Gasteiger partial charge in [0.1, 0.15) is 5.75 Å². The van der Waals surface area contributed by atoms with Crippen molar-refractivity contribution in [2.75, 3.05) is 0 Å². The molecule has 3 N–H and O–H groups in total. The van der Waals surface area contributed by atoms with Crippen LogP contribution < -0.4 is 10.7 Å². The van der Waals surface area contributed by atoms with E-state index in [1.165, 1.54) is 25.5 Å². The van der Waals surface area contributed by atoms with E-state index < -0.39 is 0 Å². The van der Waals surface area contributed by atoms with E-state index in [-0.39, 0.29) is 17.3 Å². The molecular weight excluding hydrogens is 290 g/mol. The molecule has 4 bridgehead atoms. The summed E-state index contributed by atoms with van der Waals surface area (Å²) < 4.78 is 0. The number of hydrazone groups is 1. The SMILES string of the molecule is O=C(NN=Cc1ccccc1O)NC12CC3CC(CC(C3)C1)C2. The molecule has 23 heavy (non-hydrogen) atoms. The number of hydrogen-bond donors (Lipinski definition) is 3. The monoisotopic (exact) mass is 313 g/mol. The second-order valence-electron chi connectivity index (χ2n) is 7.58. The zero-order valence-electron chi connectivity index (χ0n) is 13.2. The molecule has 0 spiro atoms. The fraction of sp³-hybridized carbons (Fsp3) is 0.556. The molecule has 0 atom stereocenters. The fourth-order valence-corrected chi connectivity index (χ4v) is 5.29. The maximum absolute atomic E-state index is 12.2. The Bertz CT molecular complexity index is 606. The Kier molecular flexibility index (Phi) is 3.51. The number of nitrogens with zero attached hydrogens (tertiary/aromatic N) is 1. The van der Waals surface area contributed by atoms with Crippen LogP contribution in [0, 0.1) is 17.8 Å². The van der Waals surface area contributed by atoms with Crippen molar-refractivity contribution >= 4 is 12.2 Å². The van der Waals surface area contributed by atoms with E-state index in [1.54, 1.807) is 18.2 Å². The molecule has 0 aliphatic heterocycles. The van der Waals surface area contributed by atoms with Gasteiger partial charge in [0.15, 0.2) is 0 Å². The highest BCUT2D eigenvalue weighted by molar-refractivity contribution is 5.84. The Morgan fingerprint density at radius 3 is 2.35 bits per heavy atom. The van der Waals surface area contributed by atoms with Crippen molar-refractivity contribution in [1.29, 1.82) is 0 Å². The molecule has 4 aliphatic rings. The van der Waals surface area contributed by atoms with Gasteiger partial charge in [-0.05, 0) is 68.4 Å². The first-order valence-electron chi connectivity index (χ1n) is 8.51. The van der Waals surface area contributed by atoms with Gasteiger partial charge >= 0.3 is 6.03 Å².